The van der Waals surface area contributed by atoms with Crippen LogP contribution in [-0.4, -0.2) is 23.1 Å². The molecule has 2 aromatic rings. The number of amides is 1. The normalized spacial score (nSPS) is 10.7. The third kappa shape index (κ3) is 3.92. The summed E-state index contributed by atoms with van der Waals surface area (Å²) in [5, 5.41) is 0. The average molecular weight is 405 g/mol. The van der Waals surface area contributed by atoms with Gasteiger partial charge < -0.3 is 9.30 Å². The van der Waals surface area contributed by atoms with Crippen LogP contribution in [0.15, 0.2) is 6.07 Å². The number of anilines is 1. The van der Waals surface area contributed by atoms with E-state index in [1.165, 1.54) is 10.6 Å². The molecule has 0 saturated carbocycles. The van der Waals surface area contributed by atoms with Crippen LogP contribution in [0.3, 0.4) is 0 Å². The number of aryl methyl sites for hydroxylation is 1. The van der Waals surface area contributed by atoms with Crippen molar-refractivity contribution in [1.29, 1.82) is 0 Å². The van der Waals surface area contributed by atoms with Gasteiger partial charge in [0.05, 0.1) is 12.2 Å². The van der Waals surface area contributed by atoms with Gasteiger partial charge in [0.15, 0.2) is 23.3 Å². The average Bonchev–Trinajstić information content (AvgIpc) is 2.93. The maximum atomic E-state index is 13.6. The highest BCUT2D eigenvalue weighted by atomic mass is 19.2. The van der Waals surface area contributed by atoms with Crippen LogP contribution in [0.1, 0.15) is 28.7 Å². The van der Waals surface area contributed by atoms with E-state index in [0.717, 1.165) is 0 Å². The van der Waals surface area contributed by atoms with Crippen molar-refractivity contribution in [1.82, 2.24) is 9.99 Å². The lowest BCUT2D eigenvalue weighted by Gasteiger charge is -2.13. The van der Waals surface area contributed by atoms with E-state index in [1.54, 1.807) is 26.2 Å². The molecule has 1 aromatic heterocycles. The van der Waals surface area contributed by atoms with E-state index in [-0.39, 0.29) is 18.7 Å². The minimum atomic E-state index is -2.31. The summed E-state index contributed by atoms with van der Waals surface area (Å²) < 4.78 is 72.8. The van der Waals surface area contributed by atoms with Crippen molar-refractivity contribution < 1.29 is 36.3 Å². The first-order chi connectivity index (χ1) is 13.1. The van der Waals surface area contributed by atoms with Gasteiger partial charge in [0.1, 0.15) is 12.2 Å². The molecule has 0 aliphatic rings. The molecular formula is C17H16F5N3O3. The first-order valence-corrected chi connectivity index (χ1v) is 8.00. The quantitative estimate of drug-likeness (QED) is 0.255. The van der Waals surface area contributed by atoms with Crippen molar-refractivity contribution in [2.75, 3.05) is 12.0 Å². The van der Waals surface area contributed by atoms with Gasteiger partial charge in [-0.2, -0.15) is 0 Å². The number of hydrogen-bond acceptors (Lipinski definition) is 4. The van der Waals surface area contributed by atoms with E-state index in [4.69, 9.17) is 4.74 Å². The molecule has 6 nitrogen and oxygen atoms in total. The van der Waals surface area contributed by atoms with Gasteiger partial charge in [-0.25, -0.2) is 26.7 Å². The standard InChI is InChI=1S/C17H16F5N3O3/c1-4-28-17(27)9-5-7(2)25(8(9)3)6-10(26)23-24-16-14(21)12(19)11(18)13(20)15(16)22/h5,24H,4,6H2,1-3H3,(H,23,26). The van der Waals surface area contributed by atoms with Gasteiger partial charge in [-0.15, -0.1) is 0 Å². The van der Waals surface area contributed by atoms with Crippen LogP contribution in [-0.2, 0) is 16.1 Å². The Balaban J connectivity index is 2.16. The summed E-state index contributed by atoms with van der Waals surface area (Å²) in [5.41, 5.74) is 3.33. The van der Waals surface area contributed by atoms with Crippen LogP contribution in [0.5, 0.6) is 0 Å². The second-order valence-corrected chi connectivity index (χ2v) is 5.71. The maximum Gasteiger partial charge on any atom is 0.339 e. The molecule has 1 amide bonds. The number of aromatic nitrogens is 1. The van der Waals surface area contributed by atoms with Crippen molar-refractivity contribution in [2.24, 2.45) is 0 Å². The molecule has 0 aliphatic carbocycles. The fourth-order valence-electron chi connectivity index (χ4n) is 2.49. The predicted molar refractivity (Wildman–Crippen MR) is 87.9 cm³/mol. The predicted octanol–water partition coefficient (Wildman–Crippen LogP) is 3.12. The lowest BCUT2D eigenvalue weighted by Crippen LogP contribution is -2.34. The lowest BCUT2D eigenvalue weighted by atomic mass is 10.2. The number of hydrazine groups is 1. The van der Waals surface area contributed by atoms with Crippen LogP contribution in [0.4, 0.5) is 27.6 Å². The highest BCUT2D eigenvalue weighted by Crippen LogP contribution is 2.26. The Labute approximate surface area is 156 Å². The monoisotopic (exact) mass is 405 g/mol. The molecule has 0 unspecified atom stereocenters. The number of carbonyl (C=O) groups is 2. The van der Waals surface area contributed by atoms with Crippen LogP contribution in [0.25, 0.3) is 0 Å². The smallest absolute Gasteiger partial charge is 0.339 e. The summed E-state index contributed by atoms with van der Waals surface area (Å²) in [6, 6.07) is 1.50. The number of ether oxygens (including phenoxy) is 1. The number of benzene rings is 1. The molecule has 0 radical (unpaired) electrons. The van der Waals surface area contributed by atoms with Gasteiger partial charge in [0.2, 0.25) is 5.82 Å². The van der Waals surface area contributed by atoms with Crippen LogP contribution < -0.4 is 10.9 Å². The molecule has 0 saturated heterocycles. The van der Waals surface area contributed by atoms with E-state index in [2.05, 4.69) is 0 Å². The number of nitrogens with zero attached hydrogens (tertiary/aromatic N) is 1. The number of nitrogens with one attached hydrogen (secondary N) is 2. The third-order valence-corrected chi connectivity index (χ3v) is 3.91. The highest BCUT2D eigenvalue weighted by Gasteiger charge is 2.26. The topological polar surface area (TPSA) is 72.4 Å². The molecule has 0 bridgehead atoms. The van der Waals surface area contributed by atoms with Gasteiger partial charge in [0, 0.05) is 11.4 Å². The Morgan fingerprint density at radius 1 is 1.00 bits per heavy atom. The molecule has 0 atom stereocenters. The molecule has 11 heteroatoms. The number of halogens is 5. The van der Waals surface area contributed by atoms with Crippen LogP contribution >= 0.6 is 0 Å². The van der Waals surface area contributed by atoms with E-state index in [1.807, 2.05) is 5.43 Å². The molecule has 2 N–H and O–H groups in total. The molecule has 0 spiro atoms. The Hall–Kier alpha value is -3.11. The lowest BCUT2D eigenvalue weighted by molar-refractivity contribution is -0.121. The first kappa shape index (κ1) is 21.2. The third-order valence-electron chi connectivity index (χ3n) is 3.91. The molecule has 2 rings (SSSR count). The highest BCUT2D eigenvalue weighted by molar-refractivity contribution is 5.91. The number of hydrogen-bond donors (Lipinski definition) is 2. The second kappa shape index (κ2) is 8.28. The SMILES string of the molecule is CCOC(=O)c1cc(C)n(CC(=O)NNc2c(F)c(F)c(F)c(F)c2F)c1C. The minimum Gasteiger partial charge on any atom is -0.462 e. The molecular weight excluding hydrogens is 389 g/mol. The van der Waals surface area contributed by atoms with Crippen molar-refractivity contribution in [3.05, 3.63) is 52.1 Å². The van der Waals surface area contributed by atoms with Crippen LogP contribution in [0.2, 0.25) is 0 Å². The molecule has 1 heterocycles. The van der Waals surface area contributed by atoms with Crippen molar-refractivity contribution in [3.63, 3.8) is 0 Å². The summed E-state index contributed by atoms with van der Waals surface area (Å²) >= 11 is 0. The van der Waals surface area contributed by atoms with E-state index in [9.17, 15) is 31.5 Å². The molecule has 1 aromatic carbocycles. The van der Waals surface area contributed by atoms with Crippen molar-refractivity contribution in [3.8, 4) is 0 Å². The summed E-state index contributed by atoms with van der Waals surface area (Å²) in [7, 11) is 0. The number of rotatable bonds is 6. The summed E-state index contributed by atoms with van der Waals surface area (Å²) in [4.78, 5) is 23.9. The van der Waals surface area contributed by atoms with Crippen molar-refractivity contribution >= 4 is 17.6 Å². The van der Waals surface area contributed by atoms with Crippen molar-refractivity contribution in [2.45, 2.75) is 27.3 Å². The van der Waals surface area contributed by atoms with Gasteiger partial charge in [-0.05, 0) is 26.8 Å². The Morgan fingerprint density at radius 3 is 2.07 bits per heavy atom. The Kier molecular flexibility index (Phi) is 6.26. The molecule has 152 valence electrons. The number of carbonyl (C=O) groups excluding carboxylic acids is 2. The van der Waals surface area contributed by atoms with Gasteiger partial charge in [-0.3, -0.25) is 15.6 Å². The Morgan fingerprint density at radius 2 is 1.54 bits per heavy atom. The molecule has 0 aliphatic heterocycles. The second-order valence-electron chi connectivity index (χ2n) is 5.71. The minimum absolute atomic E-state index is 0.162. The molecule has 0 fully saturated rings. The van der Waals surface area contributed by atoms with E-state index < -0.39 is 46.6 Å². The zero-order valence-corrected chi connectivity index (χ0v) is 15.1. The van der Waals surface area contributed by atoms with Gasteiger partial charge in [-0.1, -0.05) is 0 Å². The van der Waals surface area contributed by atoms with Gasteiger partial charge in [0.25, 0.3) is 5.91 Å². The largest absolute Gasteiger partial charge is 0.462 e. The van der Waals surface area contributed by atoms with E-state index in [0.29, 0.717) is 11.4 Å². The molecule has 28 heavy (non-hydrogen) atoms. The number of esters is 1. The zero-order valence-electron chi connectivity index (χ0n) is 15.1. The fraction of sp³-hybridized carbons (Fsp3) is 0.294. The summed E-state index contributed by atoms with van der Waals surface area (Å²) in [5.74, 6) is -12.3. The summed E-state index contributed by atoms with van der Waals surface area (Å²) in [6.07, 6.45) is 0. The fourth-order valence-corrected chi connectivity index (χ4v) is 2.49. The first-order valence-electron chi connectivity index (χ1n) is 8.00. The maximum absolute atomic E-state index is 13.6. The van der Waals surface area contributed by atoms with E-state index >= 15 is 0 Å². The van der Waals surface area contributed by atoms with Crippen LogP contribution in [0, 0.1) is 42.9 Å². The Bertz CT molecular complexity index is 914. The summed E-state index contributed by atoms with van der Waals surface area (Å²) in [6.45, 7) is 4.58. The van der Waals surface area contributed by atoms with Gasteiger partial charge >= 0.3 is 5.97 Å². The zero-order chi connectivity index (χ0) is 21.2.